The summed E-state index contributed by atoms with van der Waals surface area (Å²) in [4.78, 5) is 11.3. The summed E-state index contributed by atoms with van der Waals surface area (Å²) in [6.45, 7) is 3.18. The minimum absolute atomic E-state index is 0.0659. The lowest BCUT2D eigenvalue weighted by molar-refractivity contribution is -0.114. The minimum Gasteiger partial charge on any atom is -0.492 e. The molecule has 5 heteroatoms. The van der Waals surface area contributed by atoms with Gasteiger partial charge < -0.3 is 15.0 Å². The highest BCUT2D eigenvalue weighted by Gasteiger charge is 2.10. The lowest BCUT2D eigenvalue weighted by atomic mass is 10.1. The molecule has 1 heterocycles. The van der Waals surface area contributed by atoms with Crippen LogP contribution in [-0.2, 0) is 11.3 Å². The Morgan fingerprint density at radius 1 is 1.23 bits per heavy atom. The first-order valence-corrected chi connectivity index (χ1v) is 8.27. The first-order valence-electron chi connectivity index (χ1n) is 8.27. The highest BCUT2D eigenvalue weighted by atomic mass is 16.5. The van der Waals surface area contributed by atoms with Gasteiger partial charge in [-0.1, -0.05) is 35.9 Å². The van der Waals surface area contributed by atoms with E-state index in [4.69, 9.17) is 15.7 Å². The van der Waals surface area contributed by atoms with E-state index in [9.17, 15) is 4.79 Å². The van der Waals surface area contributed by atoms with Crippen molar-refractivity contribution in [3.63, 3.8) is 0 Å². The van der Waals surface area contributed by atoms with Crippen LogP contribution in [0.4, 0.5) is 0 Å². The SMILES string of the molecule is Cc1ccc(OCCn2cc(C=C(C#N)C(N)=O)c3ccccc32)cc1. The zero-order valence-electron chi connectivity index (χ0n) is 14.5. The van der Waals surface area contributed by atoms with Crippen LogP contribution in [0, 0.1) is 18.3 Å². The van der Waals surface area contributed by atoms with Crippen molar-refractivity contribution in [3.05, 3.63) is 71.4 Å². The van der Waals surface area contributed by atoms with Gasteiger partial charge in [0, 0.05) is 22.7 Å². The molecular weight excluding hydrogens is 326 g/mol. The number of nitriles is 1. The molecule has 0 radical (unpaired) electrons. The Bertz CT molecular complexity index is 1010. The summed E-state index contributed by atoms with van der Waals surface area (Å²) in [7, 11) is 0. The lowest BCUT2D eigenvalue weighted by Gasteiger charge is -2.08. The molecule has 2 aromatic carbocycles. The van der Waals surface area contributed by atoms with Crippen molar-refractivity contribution in [3.8, 4) is 11.8 Å². The van der Waals surface area contributed by atoms with E-state index in [0.717, 1.165) is 22.2 Å². The van der Waals surface area contributed by atoms with Crippen molar-refractivity contribution >= 4 is 22.9 Å². The normalized spacial score (nSPS) is 11.3. The van der Waals surface area contributed by atoms with Gasteiger partial charge in [-0.2, -0.15) is 5.26 Å². The third kappa shape index (κ3) is 3.76. The van der Waals surface area contributed by atoms with Gasteiger partial charge in [0.1, 0.15) is 24.0 Å². The molecular formula is C21H19N3O2. The van der Waals surface area contributed by atoms with Crippen molar-refractivity contribution in [1.82, 2.24) is 4.57 Å². The zero-order chi connectivity index (χ0) is 18.5. The van der Waals surface area contributed by atoms with Gasteiger partial charge in [-0.15, -0.1) is 0 Å². The van der Waals surface area contributed by atoms with Crippen LogP contribution in [0.3, 0.4) is 0 Å². The Morgan fingerprint density at radius 2 is 1.96 bits per heavy atom. The topological polar surface area (TPSA) is 81.0 Å². The van der Waals surface area contributed by atoms with E-state index < -0.39 is 5.91 Å². The van der Waals surface area contributed by atoms with Crippen LogP contribution in [0.2, 0.25) is 0 Å². The monoisotopic (exact) mass is 345 g/mol. The summed E-state index contributed by atoms with van der Waals surface area (Å²) in [5.74, 6) is 0.0970. The number of aryl methyl sites for hydroxylation is 1. The fraction of sp³-hybridized carbons (Fsp3) is 0.143. The summed E-state index contributed by atoms with van der Waals surface area (Å²) in [5.41, 5.74) is 8.16. The number of hydrogen-bond acceptors (Lipinski definition) is 3. The average Bonchev–Trinajstić information content (AvgIpc) is 2.99. The summed E-state index contributed by atoms with van der Waals surface area (Å²) in [6, 6.07) is 17.6. The molecule has 1 aromatic heterocycles. The summed E-state index contributed by atoms with van der Waals surface area (Å²) in [5, 5.41) is 10.0. The molecule has 1 amide bonds. The Hall–Kier alpha value is -3.52. The molecule has 0 fully saturated rings. The number of aromatic nitrogens is 1. The second-order valence-corrected chi connectivity index (χ2v) is 5.99. The molecule has 0 saturated heterocycles. The predicted octanol–water partition coefficient (Wildman–Crippen LogP) is 3.42. The van der Waals surface area contributed by atoms with Crippen molar-refractivity contribution in [2.24, 2.45) is 5.73 Å². The van der Waals surface area contributed by atoms with Gasteiger partial charge >= 0.3 is 0 Å². The number of ether oxygens (including phenoxy) is 1. The molecule has 0 spiro atoms. The van der Waals surface area contributed by atoms with Gasteiger partial charge in [0.05, 0.1) is 6.54 Å². The highest BCUT2D eigenvalue weighted by molar-refractivity contribution is 6.03. The van der Waals surface area contributed by atoms with E-state index in [1.54, 1.807) is 0 Å². The van der Waals surface area contributed by atoms with Crippen molar-refractivity contribution in [2.75, 3.05) is 6.61 Å². The van der Waals surface area contributed by atoms with Gasteiger partial charge in [-0.3, -0.25) is 4.79 Å². The van der Waals surface area contributed by atoms with E-state index in [2.05, 4.69) is 0 Å². The zero-order valence-corrected chi connectivity index (χ0v) is 14.5. The first kappa shape index (κ1) is 17.3. The highest BCUT2D eigenvalue weighted by Crippen LogP contribution is 2.23. The smallest absolute Gasteiger partial charge is 0.259 e. The quantitative estimate of drug-likeness (QED) is 0.549. The molecule has 0 aliphatic heterocycles. The molecule has 2 N–H and O–H groups in total. The van der Waals surface area contributed by atoms with Crippen LogP contribution < -0.4 is 10.5 Å². The summed E-state index contributed by atoms with van der Waals surface area (Å²) in [6.07, 6.45) is 3.44. The number of fused-ring (bicyclic) bond motifs is 1. The molecule has 0 aliphatic carbocycles. The van der Waals surface area contributed by atoms with Crippen LogP contribution in [0.1, 0.15) is 11.1 Å². The average molecular weight is 345 g/mol. The Labute approximate surface area is 151 Å². The number of primary amides is 1. The maximum absolute atomic E-state index is 11.3. The first-order chi connectivity index (χ1) is 12.6. The fourth-order valence-corrected chi connectivity index (χ4v) is 2.79. The van der Waals surface area contributed by atoms with Crippen LogP contribution in [0.5, 0.6) is 5.75 Å². The number of rotatable bonds is 6. The number of nitrogens with zero attached hydrogens (tertiary/aromatic N) is 2. The standard InChI is InChI=1S/C21H19N3O2/c1-15-6-8-18(9-7-15)26-11-10-24-14-17(12-16(13-22)21(23)25)19-4-2-3-5-20(19)24/h2-9,12,14H,10-11H2,1H3,(H2,23,25). The van der Waals surface area contributed by atoms with Crippen molar-refractivity contribution in [1.29, 1.82) is 5.26 Å². The van der Waals surface area contributed by atoms with E-state index in [1.807, 2.05) is 72.3 Å². The number of nitrogens with two attached hydrogens (primary N) is 1. The van der Waals surface area contributed by atoms with Crippen LogP contribution in [0.25, 0.3) is 17.0 Å². The Kier molecular flexibility index (Phi) is 5.04. The van der Waals surface area contributed by atoms with Gasteiger partial charge in [0.25, 0.3) is 5.91 Å². The maximum Gasteiger partial charge on any atom is 0.259 e. The number of carbonyl (C=O) groups is 1. The molecule has 0 unspecified atom stereocenters. The summed E-state index contributed by atoms with van der Waals surface area (Å²) < 4.78 is 7.85. The van der Waals surface area contributed by atoms with Crippen LogP contribution in [0.15, 0.2) is 60.3 Å². The summed E-state index contributed by atoms with van der Waals surface area (Å²) >= 11 is 0. The lowest BCUT2D eigenvalue weighted by Crippen LogP contribution is -2.12. The van der Waals surface area contributed by atoms with Gasteiger partial charge in [0.2, 0.25) is 0 Å². The molecule has 26 heavy (non-hydrogen) atoms. The molecule has 3 aromatic rings. The van der Waals surface area contributed by atoms with Crippen molar-refractivity contribution in [2.45, 2.75) is 13.5 Å². The molecule has 5 nitrogen and oxygen atoms in total. The van der Waals surface area contributed by atoms with Gasteiger partial charge in [-0.05, 0) is 31.2 Å². The molecule has 3 rings (SSSR count). The van der Waals surface area contributed by atoms with Crippen LogP contribution in [-0.4, -0.2) is 17.1 Å². The second-order valence-electron chi connectivity index (χ2n) is 5.99. The number of carbonyl (C=O) groups excluding carboxylic acids is 1. The van der Waals surface area contributed by atoms with Crippen molar-refractivity contribution < 1.29 is 9.53 Å². The van der Waals surface area contributed by atoms with E-state index >= 15 is 0 Å². The second kappa shape index (κ2) is 7.58. The van der Waals surface area contributed by atoms with E-state index in [0.29, 0.717) is 13.2 Å². The Balaban J connectivity index is 1.84. The fourth-order valence-electron chi connectivity index (χ4n) is 2.79. The molecule has 0 bridgehead atoms. The maximum atomic E-state index is 11.3. The number of para-hydroxylation sites is 1. The molecule has 0 saturated carbocycles. The number of amides is 1. The number of benzene rings is 2. The Morgan fingerprint density at radius 3 is 2.65 bits per heavy atom. The van der Waals surface area contributed by atoms with Gasteiger partial charge in [-0.25, -0.2) is 0 Å². The molecule has 0 aliphatic rings. The van der Waals surface area contributed by atoms with E-state index in [-0.39, 0.29) is 5.57 Å². The third-order valence-electron chi connectivity index (χ3n) is 4.13. The van der Waals surface area contributed by atoms with Gasteiger partial charge in [0.15, 0.2) is 0 Å². The van der Waals surface area contributed by atoms with Crippen LogP contribution >= 0.6 is 0 Å². The predicted molar refractivity (Wildman–Crippen MR) is 101 cm³/mol. The minimum atomic E-state index is -0.730. The van der Waals surface area contributed by atoms with E-state index in [1.165, 1.54) is 11.6 Å². The molecule has 130 valence electrons. The molecule has 0 atom stereocenters. The third-order valence-corrected chi connectivity index (χ3v) is 4.13. The number of hydrogen-bond donors (Lipinski definition) is 1. The largest absolute Gasteiger partial charge is 0.492 e.